The lowest BCUT2D eigenvalue weighted by Gasteiger charge is -2.31. The Morgan fingerprint density at radius 3 is 2.48 bits per heavy atom. The summed E-state index contributed by atoms with van der Waals surface area (Å²) in [5.41, 5.74) is 0.971. The van der Waals surface area contributed by atoms with Gasteiger partial charge < -0.3 is 14.8 Å². The number of hydrogen-bond acceptors (Lipinski definition) is 5. The van der Waals surface area contributed by atoms with Gasteiger partial charge in [-0.25, -0.2) is 13.4 Å². The molecule has 120 valence electrons. The van der Waals surface area contributed by atoms with Crippen molar-refractivity contribution in [3.8, 4) is 0 Å². The lowest BCUT2D eigenvalue weighted by atomic mass is 10.4. The standard InChI is InChI=1S/C13H25N5O2S/c1-4-17-11-13(9-12(17)10-14-2)21(19,20)15-18-7-5-16(3)6-8-18/h9,11,14-15H,4-8,10H2,1-3H3. The van der Waals surface area contributed by atoms with Crippen LogP contribution >= 0.6 is 0 Å². The Kier molecular flexibility index (Phi) is 5.39. The Hall–Kier alpha value is -0.930. The van der Waals surface area contributed by atoms with Crippen LogP contribution in [0.25, 0.3) is 0 Å². The summed E-state index contributed by atoms with van der Waals surface area (Å²) in [6.45, 7) is 6.54. The van der Waals surface area contributed by atoms with Gasteiger partial charge in [-0.05, 0) is 27.1 Å². The van der Waals surface area contributed by atoms with Gasteiger partial charge in [0.05, 0.1) is 0 Å². The molecule has 1 aromatic rings. The molecule has 0 unspecified atom stereocenters. The van der Waals surface area contributed by atoms with E-state index in [9.17, 15) is 8.42 Å². The average molecular weight is 315 g/mol. The van der Waals surface area contributed by atoms with E-state index in [1.807, 2.05) is 25.6 Å². The molecule has 0 aromatic carbocycles. The van der Waals surface area contributed by atoms with E-state index < -0.39 is 10.0 Å². The average Bonchev–Trinajstić information content (AvgIpc) is 2.86. The number of nitrogens with one attached hydrogen (secondary N) is 2. The third-order valence-corrected chi connectivity index (χ3v) is 5.06. The van der Waals surface area contributed by atoms with Crippen molar-refractivity contribution >= 4 is 10.0 Å². The second-order valence-electron chi connectivity index (χ2n) is 5.37. The summed E-state index contributed by atoms with van der Waals surface area (Å²) >= 11 is 0. The van der Waals surface area contributed by atoms with Crippen molar-refractivity contribution in [3.05, 3.63) is 18.0 Å². The lowest BCUT2D eigenvalue weighted by molar-refractivity contribution is 0.135. The fourth-order valence-electron chi connectivity index (χ4n) is 2.42. The second kappa shape index (κ2) is 6.89. The number of likely N-dealkylation sites (N-methyl/N-ethyl adjacent to an activating group) is 1. The number of sulfonamides is 1. The molecular weight excluding hydrogens is 290 g/mol. The van der Waals surface area contributed by atoms with Crippen LogP contribution in [0.15, 0.2) is 17.2 Å². The molecule has 1 fully saturated rings. The molecule has 1 aliphatic rings. The largest absolute Gasteiger partial charge is 0.349 e. The van der Waals surface area contributed by atoms with E-state index in [-0.39, 0.29) is 0 Å². The predicted octanol–water partition coefficient (Wildman–Crippen LogP) is -0.332. The van der Waals surface area contributed by atoms with Crippen molar-refractivity contribution in [2.75, 3.05) is 40.3 Å². The molecular formula is C13H25N5O2S. The first-order valence-electron chi connectivity index (χ1n) is 7.26. The van der Waals surface area contributed by atoms with Gasteiger partial charge in [0, 0.05) is 51.2 Å². The second-order valence-corrected chi connectivity index (χ2v) is 7.03. The van der Waals surface area contributed by atoms with Gasteiger partial charge in [0.25, 0.3) is 10.0 Å². The van der Waals surface area contributed by atoms with Crippen molar-refractivity contribution in [3.63, 3.8) is 0 Å². The van der Waals surface area contributed by atoms with Crippen LogP contribution in [-0.4, -0.2) is 63.2 Å². The SMILES string of the molecule is CCn1cc(S(=O)(=O)NN2CCN(C)CC2)cc1CNC. The fourth-order valence-corrected chi connectivity index (χ4v) is 3.60. The van der Waals surface area contributed by atoms with E-state index in [1.165, 1.54) is 0 Å². The van der Waals surface area contributed by atoms with Gasteiger partial charge in [-0.1, -0.05) is 0 Å². The van der Waals surface area contributed by atoms with Crippen molar-refractivity contribution in [1.82, 2.24) is 24.6 Å². The van der Waals surface area contributed by atoms with E-state index >= 15 is 0 Å². The van der Waals surface area contributed by atoms with E-state index in [0.717, 1.165) is 25.3 Å². The fraction of sp³-hybridized carbons (Fsp3) is 0.692. The summed E-state index contributed by atoms with van der Waals surface area (Å²) in [5, 5.41) is 4.83. The summed E-state index contributed by atoms with van der Waals surface area (Å²) in [4.78, 5) is 5.20. The third kappa shape index (κ3) is 4.04. The molecule has 21 heavy (non-hydrogen) atoms. The molecule has 2 rings (SSSR count). The zero-order valence-electron chi connectivity index (χ0n) is 13.0. The number of aromatic nitrogens is 1. The van der Waals surface area contributed by atoms with E-state index in [0.29, 0.717) is 24.5 Å². The highest BCUT2D eigenvalue weighted by molar-refractivity contribution is 7.89. The lowest BCUT2D eigenvalue weighted by Crippen LogP contribution is -2.52. The first kappa shape index (κ1) is 16.4. The zero-order valence-corrected chi connectivity index (χ0v) is 13.8. The Morgan fingerprint density at radius 2 is 1.90 bits per heavy atom. The van der Waals surface area contributed by atoms with Gasteiger partial charge in [-0.3, -0.25) is 0 Å². The van der Waals surface area contributed by atoms with Crippen LogP contribution in [0, 0.1) is 0 Å². The van der Waals surface area contributed by atoms with Crippen LogP contribution in [0.2, 0.25) is 0 Å². The molecule has 2 heterocycles. The molecule has 2 N–H and O–H groups in total. The Balaban J connectivity index is 2.12. The van der Waals surface area contributed by atoms with E-state index in [1.54, 1.807) is 17.3 Å². The first-order chi connectivity index (χ1) is 9.96. The van der Waals surface area contributed by atoms with Crippen LogP contribution < -0.4 is 10.1 Å². The summed E-state index contributed by atoms with van der Waals surface area (Å²) in [6.07, 6.45) is 1.70. The highest BCUT2D eigenvalue weighted by Gasteiger charge is 2.23. The maximum Gasteiger partial charge on any atom is 0.254 e. The van der Waals surface area contributed by atoms with Gasteiger partial charge in [0.2, 0.25) is 0 Å². The van der Waals surface area contributed by atoms with Crippen LogP contribution in [0.1, 0.15) is 12.6 Å². The number of piperazine rings is 1. The van der Waals surface area contributed by atoms with E-state index in [4.69, 9.17) is 0 Å². The first-order valence-corrected chi connectivity index (χ1v) is 8.74. The van der Waals surface area contributed by atoms with Gasteiger partial charge in [0.1, 0.15) is 4.90 Å². The summed E-state index contributed by atoms with van der Waals surface area (Å²) in [6, 6.07) is 1.73. The minimum Gasteiger partial charge on any atom is -0.349 e. The number of hydrogen-bond donors (Lipinski definition) is 2. The normalized spacial score (nSPS) is 18.2. The number of nitrogens with zero attached hydrogens (tertiary/aromatic N) is 3. The molecule has 7 nitrogen and oxygen atoms in total. The minimum atomic E-state index is -3.50. The van der Waals surface area contributed by atoms with Gasteiger partial charge >= 0.3 is 0 Å². The molecule has 0 bridgehead atoms. The minimum absolute atomic E-state index is 0.327. The molecule has 0 radical (unpaired) electrons. The highest BCUT2D eigenvalue weighted by Crippen LogP contribution is 2.15. The third-order valence-electron chi connectivity index (χ3n) is 3.72. The maximum absolute atomic E-state index is 12.5. The predicted molar refractivity (Wildman–Crippen MR) is 82.3 cm³/mol. The number of rotatable bonds is 6. The van der Waals surface area contributed by atoms with Crippen molar-refractivity contribution < 1.29 is 8.42 Å². The van der Waals surface area contributed by atoms with Crippen molar-refractivity contribution in [2.24, 2.45) is 0 Å². The topological polar surface area (TPSA) is 69.6 Å². The van der Waals surface area contributed by atoms with Crippen molar-refractivity contribution in [1.29, 1.82) is 0 Å². The Morgan fingerprint density at radius 1 is 1.24 bits per heavy atom. The molecule has 1 aromatic heterocycles. The molecule has 0 aliphatic carbocycles. The molecule has 0 amide bonds. The van der Waals surface area contributed by atoms with Gasteiger partial charge in [0.15, 0.2) is 0 Å². The molecule has 0 saturated carbocycles. The van der Waals surface area contributed by atoms with Crippen LogP contribution in [0.5, 0.6) is 0 Å². The Labute approximate surface area is 126 Å². The number of hydrazine groups is 1. The summed E-state index contributed by atoms with van der Waals surface area (Å²) < 4.78 is 26.9. The monoisotopic (exact) mass is 315 g/mol. The highest BCUT2D eigenvalue weighted by atomic mass is 32.2. The van der Waals surface area contributed by atoms with Crippen molar-refractivity contribution in [2.45, 2.75) is 24.9 Å². The van der Waals surface area contributed by atoms with Crippen LogP contribution in [0.3, 0.4) is 0 Å². The van der Waals surface area contributed by atoms with Gasteiger partial charge in [-0.2, -0.15) is 0 Å². The molecule has 8 heteroatoms. The smallest absolute Gasteiger partial charge is 0.254 e. The quantitative estimate of drug-likeness (QED) is 0.752. The molecule has 1 saturated heterocycles. The van der Waals surface area contributed by atoms with E-state index in [2.05, 4.69) is 15.0 Å². The Bertz CT molecular complexity index is 561. The number of aryl methyl sites for hydroxylation is 1. The van der Waals surface area contributed by atoms with Crippen LogP contribution in [-0.2, 0) is 23.1 Å². The maximum atomic E-state index is 12.5. The van der Waals surface area contributed by atoms with Gasteiger partial charge in [-0.15, -0.1) is 4.83 Å². The zero-order chi connectivity index (χ0) is 15.5. The summed E-state index contributed by atoms with van der Waals surface area (Å²) in [5.74, 6) is 0. The van der Waals surface area contributed by atoms with Crippen LogP contribution in [0.4, 0.5) is 0 Å². The summed E-state index contributed by atoms with van der Waals surface area (Å²) in [7, 11) is 0.391. The molecule has 1 aliphatic heterocycles. The molecule has 0 spiro atoms. The molecule has 0 atom stereocenters.